The molecule has 18 heavy (non-hydrogen) atoms. The lowest BCUT2D eigenvalue weighted by atomic mass is 9.98. The Balaban J connectivity index is 2.79. The van der Waals surface area contributed by atoms with Crippen LogP contribution in [0.5, 0.6) is 0 Å². The van der Waals surface area contributed by atoms with Gasteiger partial charge >= 0.3 is 0 Å². The molecular formula is C13H22N2O2S. The summed E-state index contributed by atoms with van der Waals surface area (Å²) in [5, 5.41) is 0. The molecule has 0 spiro atoms. The average molecular weight is 270 g/mol. The van der Waals surface area contributed by atoms with Crippen molar-refractivity contribution in [1.82, 2.24) is 4.72 Å². The van der Waals surface area contributed by atoms with Crippen molar-refractivity contribution in [2.75, 3.05) is 13.1 Å². The summed E-state index contributed by atoms with van der Waals surface area (Å²) in [5.74, 6) is 0. The molecule has 1 aromatic rings. The van der Waals surface area contributed by atoms with Crippen LogP contribution in [0.25, 0.3) is 0 Å². The van der Waals surface area contributed by atoms with Gasteiger partial charge < -0.3 is 5.73 Å². The Morgan fingerprint density at radius 1 is 1.17 bits per heavy atom. The lowest BCUT2D eigenvalue weighted by Gasteiger charge is -2.18. The topological polar surface area (TPSA) is 72.2 Å². The minimum atomic E-state index is -3.41. The SMILES string of the molecule is CC(C)(C)CNS(=O)(=O)c1ccc(CCN)cc1. The number of nitrogens with one attached hydrogen (secondary N) is 1. The van der Waals surface area contributed by atoms with Crippen LogP contribution in [-0.4, -0.2) is 21.5 Å². The minimum absolute atomic E-state index is 0.0768. The third-order valence-electron chi connectivity index (χ3n) is 2.46. The Morgan fingerprint density at radius 3 is 2.17 bits per heavy atom. The van der Waals surface area contributed by atoms with Gasteiger partial charge in [0.2, 0.25) is 10.0 Å². The van der Waals surface area contributed by atoms with E-state index in [0.29, 0.717) is 18.0 Å². The van der Waals surface area contributed by atoms with Crippen molar-refractivity contribution in [2.24, 2.45) is 11.1 Å². The maximum Gasteiger partial charge on any atom is 0.240 e. The van der Waals surface area contributed by atoms with Crippen LogP contribution in [-0.2, 0) is 16.4 Å². The smallest absolute Gasteiger partial charge is 0.240 e. The van der Waals surface area contributed by atoms with E-state index in [-0.39, 0.29) is 5.41 Å². The molecule has 0 saturated heterocycles. The van der Waals surface area contributed by atoms with Crippen LogP contribution < -0.4 is 10.5 Å². The van der Waals surface area contributed by atoms with Crippen LogP contribution >= 0.6 is 0 Å². The predicted molar refractivity (Wildman–Crippen MR) is 73.8 cm³/mol. The Hall–Kier alpha value is -0.910. The highest BCUT2D eigenvalue weighted by atomic mass is 32.2. The van der Waals surface area contributed by atoms with Gasteiger partial charge in [0.15, 0.2) is 0 Å². The summed E-state index contributed by atoms with van der Waals surface area (Å²) in [6, 6.07) is 6.85. The standard InChI is InChI=1S/C13H22N2O2S/c1-13(2,3)10-15-18(16,17)12-6-4-11(5-7-12)8-9-14/h4-7,15H,8-10,14H2,1-3H3. The third kappa shape index (κ3) is 4.76. The zero-order chi connectivity index (χ0) is 13.8. The lowest BCUT2D eigenvalue weighted by molar-refractivity contribution is 0.407. The predicted octanol–water partition coefficient (Wildman–Crippen LogP) is 1.51. The van der Waals surface area contributed by atoms with E-state index in [4.69, 9.17) is 5.73 Å². The first-order valence-corrected chi connectivity index (χ1v) is 7.52. The molecule has 0 aliphatic carbocycles. The molecule has 5 heteroatoms. The maximum absolute atomic E-state index is 12.0. The van der Waals surface area contributed by atoms with Crippen LogP contribution in [0.4, 0.5) is 0 Å². The molecule has 0 atom stereocenters. The van der Waals surface area contributed by atoms with Crippen molar-refractivity contribution in [3.8, 4) is 0 Å². The average Bonchev–Trinajstić information content (AvgIpc) is 2.27. The van der Waals surface area contributed by atoms with E-state index >= 15 is 0 Å². The van der Waals surface area contributed by atoms with Gasteiger partial charge in [-0.2, -0.15) is 0 Å². The first-order chi connectivity index (χ1) is 8.24. The molecule has 4 nitrogen and oxygen atoms in total. The molecular weight excluding hydrogens is 248 g/mol. The highest BCUT2D eigenvalue weighted by Gasteiger charge is 2.18. The van der Waals surface area contributed by atoms with E-state index < -0.39 is 10.0 Å². The monoisotopic (exact) mass is 270 g/mol. The largest absolute Gasteiger partial charge is 0.330 e. The molecule has 1 rings (SSSR count). The van der Waals surface area contributed by atoms with E-state index in [9.17, 15) is 8.42 Å². The lowest BCUT2D eigenvalue weighted by Crippen LogP contribution is -2.32. The summed E-state index contributed by atoms with van der Waals surface area (Å²) < 4.78 is 26.6. The molecule has 0 aliphatic heterocycles. The maximum atomic E-state index is 12.0. The first kappa shape index (κ1) is 15.1. The molecule has 0 unspecified atom stereocenters. The van der Waals surface area contributed by atoms with E-state index in [1.807, 2.05) is 20.8 Å². The van der Waals surface area contributed by atoms with Crippen molar-refractivity contribution < 1.29 is 8.42 Å². The molecule has 3 N–H and O–H groups in total. The van der Waals surface area contributed by atoms with Crippen molar-refractivity contribution in [3.63, 3.8) is 0 Å². The quantitative estimate of drug-likeness (QED) is 0.852. The molecule has 0 saturated carbocycles. The first-order valence-electron chi connectivity index (χ1n) is 6.03. The summed E-state index contributed by atoms with van der Waals surface area (Å²) in [6.45, 7) is 6.94. The van der Waals surface area contributed by atoms with Crippen LogP contribution in [0.3, 0.4) is 0 Å². The number of hydrogen-bond donors (Lipinski definition) is 2. The Labute approximate surface area is 110 Å². The van der Waals surface area contributed by atoms with Crippen LogP contribution in [0.2, 0.25) is 0 Å². The summed E-state index contributed by atoms with van der Waals surface area (Å²) in [5.41, 5.74) is 6.42. The van der Waals surface area contributed by atoms with Gasteiger partial charge in [-0.15, -0.1) is 0 Å². The summed E-state index contributed by atoms with van der Waals surface area (Å²) in [7, 11) is -3.41. The number of nitrogens with two attached hydrogens (primary N) is 1. The summed E-state index contributed by atoms with van der Waals surface area (Å²) >= 11 is 0. The fourth-order valence-corrected chi connectivity index (χ4v) is 2.68. The van der Waals surface area contributed by atoms with E-state index in [1.54, 1.807) is 24.3 Å². The van der Waals surface area contributed by atoms with Crippen LogP contribution in [0, 0.1) is 5.41 Å². The van der Waals surface area contributed by atoms with Crippen molar-refractivity contribution in [2.45, 2.75) is 32.1 Å². The van der Waals surface area contributed by atoms with Crippen LogP contribution in [0.1, 0.15) is 26.3 Å². The number of rotatable bonds is 5. The van der Waals surface area contributed by atoms with Gasteiger partial charge in [0.25, 0.3) is 0 Å². The van der Waals surface area contributed by atoms with Crippen molar-refractivity contribution in [1.29, 1.82) is 0 Å². The molecule has 0 fully saturated rings. The molecule has 102 valence electrons. The zero-order valence-electron chi connectivity index (χ0n) is 11.2. The van der Waals surface area contributed by atoms with Gasteiger partial charge in [0, 0.05) is 6.54 Å². The van der Waals surface area contributed by atoms with Gasteiger partial charge in [-0.05, 0) is 36.1 Å². The normalized spacial score (nSPS) is 12.7. The molecule has 0 aromatic heterocycles. The Kier molecular flexibility index (Phi) is 4.90. The van der Waals surface area contributed by atoms with E-state index in [1.165, 1.54) is 0 Å². The second-order valence-corrected chi connectivity index (χ2v) is 7.33. The van der Waals surface area contributed by atoms with E-state index in [0.717, 1.165) is 12.0 Å². The molecule has 1 aromatic carbocycles. The van der Waals surface area contributed by atoms with Gasteiger partial charge in [-0.25, -0.2) is 13.1 Å². The highest BCUT2D eigenvalue weighted by molar-refractivity contribution is 7.89. The molecule has 0 bridgehead atoms. The van der Waals surface area contributed by atoms with Crippen molar-refractivity contribution in [3.05, 3.63) is 29.8 Å². The molecule has 0 amide bonds. The second-order valence-electron chi connectivity index (χ2n) is 5.57. The van der Waals surface area contributed by atoms with Crippen LogP contribution in [0.15, 0.2) is 29.2 Å². The number of sulfonamides is 1. The Bertz CT molecular complexity index is 473. The molecule has 0 heterocycles. The second kappa shape index (κ2) is 5.82. The van der Waals surface area contributed by atoms with Gasteiger partial charge in [0.05, 0.1) is 4.90 Å². The fourth-order valence-electron chi connectivity index (χ4n) is 1.40. The minimum Gasteiger partial charge on any atom is -0.330 e. The van der Waals surface area contributed by atoms with Gasteiger partial charge in [-0.1, -0.05) is 32.9 Å². The zero-order valence-corrected chi connectivity index (χ0v) is 12.0. The summed E-state index contributed by atoms with van der Waals surface area (Å²) in [6.07, 6.45) is 0.760. The molecule has 0 radical (unpaired) electrons. The third-order valence-corrected chi connectivity index (χ3v) is 3.88. The Morgan fingerprint density at radius 2 is 1.72 bits per heavy atom. The number of hydrogen-bond acceptors (Lipinski definition) is 3. The van der Waals surface area contributed by atoms with Gasteiger partial charge in [-0.3, -0.25) is 0 Å². The fraction of sp³-hybridized carbons (Fsp3) is 0.538. The summed E-state index contributed by atoms with van der Waals surface area (Å²) in [4.78, 5) is 0.299. The molecule has 0 aliphatic rings. The van der Waals surface area contributed by atoms with Crippen molar-refractivity contribution >= 4 is 10.0 Å². The van der Waals surface area contributed by atoms with E-state index in [2.05, 4.69) is 4.72 Å². The van der Waals surface area contributed by atoms with Gasteiger partial charge in [0.1, 0.15) is 0 Å². The highest BCUT2D eigenvalue weighted by Crippen LogP contribution is 2.15. The number of benzene rings is 1.